The van der Waals surface area contributed by atoms with Gasteiger partial charge in [-0.05, 0) is 56.8 Å². The van der Waals surface area contributed by atoms with Crippen molar-refractivity contribution in [1.29, 1.82) is 0 Å². The number of fused-ring (bicyclic) bond motifs is 1. The van der Waals surface area contributed by atoms with Gasteiger partial charge in [-0.2, -0.15) is 0 Å². The van der Waals surface area contributed by atoms with Crippen LogP contribution in [0.2, 0.25) is 0 Å². The molecule has 0 aliphatic carbocycles. The summed E-state index contributed by atoms with van der Waals surface area (Å²) in [4.78, 5) is 18.2. The second kappa shape index (κ2) is 7.18. The Morgan fingerprint density at radius 3 is 3.00 bits per heavy atom. The number of benzene rings is 1. The summed E-state index contributed by atoms with van der Waals surface area (Å²) in [6.45, 7) is 5.22. The lowest BCUT2D eigenvalue weighted by Gasteiger charge is -2.29. The molecule has 2 heterocycles. The van der Waals surface area contributed by atoms with Gasteiger partial charge in [0.2, 0.25) is 0 Å². The Balaban J connectivity index is 1.62. The molecule has 124 valence electrons. The molecule has 1 fully saturated rings. The van der Waals surface area contributed by atoms with Gasteiger partial charge in [-0.25, -0.2) is 0 Å². The molecular weight excluding hydrogens is 286 g/mol. The minimum Gasteiger partial charge on any atom is -0.351 e. The average Bonchev–Trinajstić information content (AvgIpc) is 2.93. The summed E-state index contributed by atoms with van der Waals surface area (Å²) in [5.74, 6) is 0.740. The number of hydrogen-bond donors (Lipinski definition) is 2. The van der Waals surface area contributed by atoms with E-state index in [1.807, 2.05) is 18.2 Å². The van der Waals surface area contributed by atoms with Crippen LogP contribution in [0.1, 0.15) is 42.2 Å². The molecule has 1 amide bonds. The number of hydrogen-bond acceptors (Lipinski definition) is 2. The maximum absolute atomic E-state index is 12.5. The molecule has 0 saturated carbocycles. The van der Waals surface area contributed by atoms with Crippen molar-refractivity contribution in [2.75, 3.05) is 26.7 Å². The standard InChI is InChI=1S/C19H27N3O/c1-3-15-16-8-4-5-9-17(16)21-18(15)19(23)20-11-10-14-7-6-12-22(2)13-14/h4-5,8-9,14,21H,3,6-7,10-13H2,1-2H3,(H,20,23)/t14-/m1/s1. The highest BCUT2D eigenvalue weighted by Gasteiger charge is 2.19. The molecule has 4 heteroatoms. The zero-order valence-corrected chi connectivity index (χ0v) is 14.2. The van der Waals surface area contributed by atoms with E-state index in [0.717, 1.165) is 48.1 Å². The third kappa shape index (κ3) is 3.58. The van der Waals surface area contributed by atoms with Crippen molar-refractivity contribution in [3.05, 3.63) is 35.5 Å². The summed E-state index contributed by atoms with van der Waals surface area (Å²) in [7, 11) is 2.18. The van der Waals surface area contributed by atoms with Gasteiger partial charge in [0, 0.05) is 24.0 Å². The molecule has 1 atom stereocenters. The first-order valence-corrected chi connectivity index (χ1v) is 8.75. The largest absolute Gasteiger partial charge is 0.351 e. The Morgan fingerprint density at radius 1 is 1.39 bits per heavy atom. The molecule has 4 nitrogen and oxygen atoms in total. The first-order chi connectivity index (χ1) is 11.2. The highest BCUT2D eigenvalue weighted by Crippen LogP contribution is 2.23. The second-order valence-electron chi connectivity index (χ2n) is 6.69. The van der Waals surface area contributed by atoms with Crippen LogP contribution in [0.4, 0.5) is 0 Å². The van der Waals surface area contributed by atoms with E-state index in [1.54, 1.807) is 0 Å². The number of rotatable bonds is 5. The molecule has 23 heavy (non-hydrogen) atoms. The van der Waals surface area contributed by atoms with E-state index in [1.165, 1.54) is 19.4 Å². The summed E-state index contributed by atoms with van der Waals surface area (Å²) in [5, 5.41) is 4.27. The fraction of sp³-hybridized carbons (Fsp3) is 0.526. The van der Waals surface area contributed by atoms with Gasteiger partial charge in [0.05, 0.1) is 0 Å². The molecule has 1 aliphatic heterocycles. The maximum atomic E-state index is 12.5. The normalized spacial score (nSPS) is 19.1. The molecule has 0 unspecified atom stereocenters. The van der Waals surface area contributed by atoms with Crippen LogP contribution in [0.5, 0.6) is 0 Å². The van der Waals surface area contributed by atoms with Crippen molar-refractivity contribution in [2.45, 2.75) is 32.6 Å². The zero-order valence-electron chi connectivity index (χ0n) is 14.2. The lowest BCUT2D eigenvalue weighted by Crippen LogP contribution is -2.34. The van der Waals surface area contributed by atoms with Crippen molar-refractivity contribution < 1.29 is 4.79 Å². The van der Waals surface area contributed by atoms with Crippen LogP contribution >= 0.6 is 0 Å². The van der Waals surface area contributed by atoms with Gasteiger partial charge in [-0.15, -0.1) is 0 Å². The van der Waals surface area contributed by atoms with Crippen molar-refractivity contribution in [3.8, 4) is 0 Å². The van der Waals surface area contributed by atoms with Crippen LogP contribution < -0.4 is 5.32 Å². The Labute approximate surface area is 138 Å². The molecule has 1 saturated heterocycles. The van der Waals surface area contributed by atoms with Crippen molar-refractivity contribution in [2.24, 2.45) is 5.92 Å². The summed E-state index contributed by atoms with van der Waals surface area (Å²) in [5.41, 5.74) is 2.90. The number of carbonyl (C=O) groups is 1. The SMILES string of the molecule is CCc1c(C(=O)NCC[C@H]2CCCN(C)C2)[nH]c2ccccc12. The lowest BCUT2D eigenvalue weighted by molar-refractivity contribution is 0.0943. The summed E-state index contributed by atoms with van der Waals surface area (Å²) < 4.78 is 0. The maximum Gasteiger partial charge on any atom is 0.268 e. The highest BCUT2D eigenvalue weighted by atomic mass is 16.1. The first-order valence-electron chi connectivity index (χ1n) is 8.75. The molecule has 2 aromatic rings. The first kappa shape index (κ1) is 16.1. The Bertz CT molecular complexity index is 676. The van der Waals surface area contributed by atoms with Gasteiger partial charge < -0.3 is 15.2 Å². The molecule has 1 aliphatic rings. The number of aromatic nitrogens is 1. The Hall–Kier alpha value is -1.81. The lowest BCUT2D eigenvalue weighted by atomic mass is 9.95. The van der Waals surface area contributed by atoms with Gasteiger partial charge in [0.25, 0.3) is 5.91 Å². The molecule has 0 radical (unpaired) electrons. The molecule has 1 aromatic carbocycles. The topological polar surface area (TPSA) is 48.1 Å². The number of likely N-dealkylation sites (tertiary alicyclic amines) is 1. The monoisotopic (exact) mass is 313 g/mol. The quantitative estimate of drug-likeness (QED) is 0.890. The number of H-pyrrole nitrogens is 1. The van der Waals surface area contributed by atoms with Crippen LogP contribution in [0.3, 0.4) is 0 Å². The smallest absolute Gasteiger partial charge is 0.268 e. The fourth-order valence-electron chi connectivity index (χ4n) is 3.75. The fourth-order valence-corrected chi connectivity index (χ4v) is 3.75. The van der Waals surface area contributed by atoms with Crippen LogP contribution in [0, 0.1) is 5.92 Å². The van der Waals surface area contributed by atoms with Gasteiger partial charge in [0.15, 0.2) is 0 Å². The van der Waals surface area contributed by atoms with Crippen molar-refractivity contribution in [3.63, 3.8) is 0 Å². The summed E-state index contributed by atoms with van der Waals surface area (Å²) >= 11 is 0. The highest BCUT2D eigenvalue weighted by molar-refractivity contribution is 6.01. The Morgan fingerprint density at radius 2 is 2.22 bits per heavy atom. The number of aryl methyl sites for hydroxylation is 1. The molecule has 1 aromatic heterocycles. The predicted octanol–water partition coefficient (Wildman–Crippen LogP) is 3.19. The minimum atomic E-state index is 0.0298. The molecule has 2 N–H and O–H groups in total. The number of amides is 1. The van der Waals surface area contributed by atoms with Gasteiger partial charge >= 0.3 is 0 Å². The van der Waals surface area contributed by atoms with Crippen LogP contribution in [0.25, 0.3) is 10.9 Å². The van der Waals surface area contributed by atoms with Gasteiger partial charge in [-0.1, -0.05) is 25.1 Å². The number of piperidine rings is 1. The third-order valence-electron chi connectivity index (χ3n) is 4.95. The zero-order chi connectivity index (χ0) is 16.2. The van der Waals surface area contributed by atoms with Crippen molar-refractivity contribution >= 4 is 16.8 Å². The number of nitrogens with one attached hydrogen (secondary N) is 2. The second-order valence-corrected chi connectivity index (χ2v) is 6.69. The third-order valence-corrected chi connectivity index (χ3v) is 4.95. The van der Waals surface area contributed by atoms with E-state index < -0.39 is 0 Å². The van der Waals surface area contributed by atoms with E-state index in [-0.39, 0.29) is 5.91 Å². The van der Waals surface area contributed by atoms with E-state index in [0.29, 0.717) is 5.92 Å². The number of nitrogens with zero attached hydrogens (tertiary/aromatic N) is 1. The number of aromatic amines is 1. The predicted molar refractivity (Wildman–Crippen MR) is 94.8 cm³/mol. The van der Waals surface area contributed by atoms with Gasteiger partial charge in [-0.3, -0.25) is 4.79 Å². The Kier molecular flexibility index (Phi) is 5.01. The van der Waals surface area contributed by atoms with Crippen LogP contribution in [-0.2, 0) is 6.42 Å². The molecular formula is C19H27N3O. The van der Waals surface area contributed by atoms with Crippen LogP contribution in [-0.4, -0.2) is 42.5 Å². The van der Waals surface area contributed by atoms with Gasteiger partial charge in [0.1, 0.15) is 5.69 Å². The molecule has 0 bridgehead atoms. The molecule has 3 rings (SSSR count). The van der Waals surface area contributed by atoms with E-state index >= 15 is 0 Å². The molecule has 0 spiro atoms. The van der Waals surface area contributed by atoms with E-state index in [9.17, 15) is 4.79 Å². The number of para-hydroxylation sites is 1. The van der Waals surface area contributed by atoms with Crippen LogP contribution in [0.15, 0.2) is 24.3 Å². The minimum absolute atomic E-state index is 0.0298. The number of carbonyl (C=O) groups excluding carboxylic acids is 1. The van der Waals surface area contributed by atoms with E-state index in [2.05, 4.69) is 35.2 Å². The summed E-state index contributed by atoms with van der Waals surface area (Å²) in [6, 6.07) is 8.14. The van der Waals surface area contributed by atoms with Crippen molar-refractivity contribution in [1.82, 2.24) is 15.2 Å². The summed E-state index contributed by atoms with van der Waals surface area (Å²) in [6.07, 6.45) is 4.49. The average molecular weight is 313 g/mol. The van der Waals surface area contributed by atoms with E-state index in [4.69, 9.17) is 0 Å².